The Morgan fingerprint density at radius 2 is 2.19 bits per heavy atom. The number of hydrogen-bond acceptors (Lipinski definition) is 2. The maximum Gasteiger partial charge on any atom is 0.0694 e. The van der Waals surface area contributed by atoms with Gasteiger partial charge in [0.1, 0.15) is 0 Å². The fraction of sp³-hybridized carbons (Fsp3) is 0.250. The third-order valence-corrected chi connectivity index (χ3v) is 2.93. The molecule has 1 aromatic heterocycles. The molecule has 2 aromatic rings. The van der Waals surface area contributed by atoms with E-state index < -0.39 is 0 Å². The molecule has 1 aromatic carbocycles. The molecule has 2 N–H and O–H groups in total. The molecule has 0 bridgehead atoms. The van der Waals surface area contributed by atoms with E-state index in [0.29, 0.717) is 0 Å². The Morgan fingerprint density at radius 1 is 1.44 bits per heavy atom. The van der Waals surface area contributed by atoms with Gasteiger partial charge >= 0.3 is 0 Å². The molecule has 3 nitrogen and oxygen atoms in total. The minimum Gasteiger partial charge on any atom is -0.324 e. The first kappa shape index (κ1) is 11.4. The molecule has 0 aliphatic heterocycles. The first-order valence-corrected chi connectivity index (χ1v) is 5.94. The van der Waals surface area contributed by atoms with Crippen LogP contribution in [0.15, 0.2) is 35.1 Å². The normalized spacial score (nSPS) is 12.8. The summed E-state index contributed by atoms with van der Waals surface area (Å²) in [5, 5.41) is 4.30. The van der Waals surface area contributed by atoms with Gasteiger partial charge in [-0.25, -0.2) is 4.68 Å². The van der Waals surface area contributed by atoms with Gasteiger partial charge in [-0.1, -0.05) is 15.9 Å². The summed E-state index contributed by atoms with van der Waals surface area (Å²) in [4.78, 5) is 0. The van der Waals surface area contributed by atoms with Gasteiger partial charge in [0, 0.05) is 16.7 Å². The van der Waals surface area contributed by atoms with Crippen LogP contribution in [0.3, 0.4) is 0 Å². The van der Waals surface area contributed by atoms with Crippen molar-refractivity contribution in [3.05, 3.63) is 46.2 Å². The minimum atomic E-state index is -0.0167. The molecule has 2 rings (SSSR count). The highest BCUT2D eigenvalue weighted by Crippen LogP contribution is 2.24. The molecule has 1 unspecified atom stereocenters. The number of nitrogens with two attached hydrogens (primary N) is 1. The van der Waals surface area contributed by atoms with E-state index in [1.54, 1.807) is 0 Å². The molecule has 0 aliphatic rings. The molecule has 16 heavy (non-hydrogen) atoms. The summed E-state index contributed by atoms with van der Waals surface area (Å²) < 4.78 is 2.90. The van der Waals surface area contributed by atoms with Crippen LogP contribution in [0.25, 0.3) is 5.69 Å². The van der Waals surface area contributed by atoms with Gasteiger partial charge < -0.3 is 5.73 Å². The Morgan fingerprint density at radius 3 is 2.75 bits per heavy atom. The zero-order valence-corrected chi connectivity index (χ0v) is 10.9. The minimum absolute atomic E-state index is 0.0167. The van der Waals surface area contributed by atoms with Gasteiger partial charge in [0.25, 0.3) is 0 Å². The van der Waals surface area contributed by atoms with E-state index in [-0.39, 0.29) is 6.04 Å². The molecule has 1 atom stereocenters. The number of hydrogen-bond donors (Lipinski definition) is 1. The molecule has 0 fully saturated rings. The molecule has 4 heteroatoms. The summed E-state index contributed by atoms with van der Waals surface area (Å²) >= 11 is 3.46. The van der Waals surface area contributed by atoms with Crippen molar-refractivity contribution in [2.75, 3.05) is 0 Å². The highest BCUT2D eigenvalue weighted by molar-refractivity contribution is 9.10. The molecule has 84 valence electrons. The standard InChI is InChI=1S/C12H14BrN3/c1-8-6-15-16(7-8)12-4-3-10(13)5-11(12)9(2)14/h3-7,9H,14H2,1-2H3. The van der Waals surface area contributed by atoms with Gasteiger partial charge in [-0.05, 0) is 43.2 Å². The third-order valence-electron chi connectivity index (χ3n) is 2.44. The van der Waals surface area contributed by atoms with Gasteiger partial charge in [0.05, 0.1) is 11.9 Å². The highest BCUT2D eigenvalue weighted by Gasteiger charge is 2.09. The largest absolute Gasteiger partial charge is 0.324 e. The fourth-order valence-corrected chi connectivity index (χ4v) is 2.02. The quantitative estimate of drug-likeness (QED) is 0.919. The number of rotatable bonds is 2. The van der Waals surface area contributed by atoms with E-state index >= 15 is 0 Å². The van der Waals surface area contributed by atoms with E-state index in [9.17, 15) is 0 Å². The summed E-state index contributed by atoms with van der Waals surface area (Å²) in [6.45, 7) is 4.00. The Hall–Kier alpha value is -1.13. The van der Waals surface area contributed by atoms with Gasteiger partial charge in [-0.3, -0.25) is 0 Å². The van der Waals surface area contributed by atoms with Crippen LogP contribution in [-0.2, 0) is 0 Å². The summed E-state index contributed by atoms with van der Waals surface area (Å²) in [7, 11) is 0. The van der Waals surface area contributed by atoms with Gasteiger partial charge in [-0.2, -0.15) is 5.10 Å². The topological polar surface area (TPSA) is 43.8 Å². The monoisotopic (exact) mass is 279 g/mol. The number of aryl methyl sites for hydroxylation is 1. The molecule has 0 saturated carbocycles. The van der Waals surface area contributed by atoms with Crippen molar-refractivity contribution < 1.29 is 0 Å². The van der Waals surface area contributed by atoms with E-state index in [1.807, 2.05) is 49.1 Å². The zero-order chi connectivity index (χ0) is 11.7. The van der Waals surface area contributed by atoms with E-state index in [2.05, 4.69) is 21.0 Å². The Balaban J connectivity index is 2.56. The first-order chi connectivity index (χ1) is 7.58. The molecular formula is C12H14BrN3. The molecule has 0 saturated heterocycles. The van der Waals surface area contributed by atoms with Crippen molar-refractivity contribution in [1.82, 2.24) is 9.78 Å². The molecule has 1 heterocycles. The Kier molecular flexibility index (Phi) is 3.12. The van der Waals surface area contributed by atoms with Crippen LogP contribution in [0.2, 0.25) is 0 Å². The average molecular weight is 280 g/mol. The van der Waals surface area contributed by atoms with Crippen molar-refractivity contribution in [3.63, 3.8) is 0 Å². The maximum absolute atomic E-state index is 5.97. The average Bonchev–Trinajstić information content (AvgIpc) is 2.64. The second kappa shape index (κ2) is 4.39. The van der Waals surface area contributed by atoms with Gasteiger partial charge in [0.2, 0.25) is 0 Å². The van der Waals surface area contributed by atoms with E-state index in [1.165, 1.54) is 0 Å². The van der Waals surface area contributed by atoms with Gasteiger partial charge in [-0.15, -0.1) is 0 Å². The lowest BCUT2D eigenvalue weighted by Crippen LogP contribution is -2.10. The molecule has 0 aliphatic carbocycles. The van der Waals surface area contributed by atoms with Crippen LogP contribution < -0.4 is 5.73 Å². The highest BCUT2D eigenvalue weighted by atomic mass is 79.9. The fourth-order valence-electron chi connectivity index (χ4n) is 1.64. The second-order valence-corrected chi connectivity index (χ2v) is 4.87. The molecule has 0 spiro atoms. The number of benzene rings is 1. The van der Waals surface area contributed by atoms with Crippen LogP contribution in [0, 0.1) is 6.92 Å². The lowest BCUT2D eigenvalue weighted by molar-refractivity contribution is 0.780. The van der Waals surface area contributed by atoms with Crippen molar-refractivity contribution in [2.45, 2.75) is 19.9 Å². The lowest BCUT2D eigenvalue weighted by Gasteiger charge is -2.13. The summed E-state index contributed by atoms with van der Waals surface area (Å²) in [6, 6.07) is 6.04. The second-order valence-electron chi connectivity index (χ2n) is 3.95. The van der Waals surface area contributed by atoms with Crippen LogP contribution >= 0.6 is 15.9 Å². The SMILES string of the molecule is Cc1cnn(-c2ccc(Br)cc2C(C)N)c1. The van der Waals surface area contributed by atoms with Gasteiger partial charge in [0.15, 0.2) is 0 Å². The first-order valence-electron chi connectivity index (χ1n) is 5.14. The maximum atomic E-state index is 5.97. The van der Waals surface area contributed by atoms with Crippen molar-refractivity contribution >= 4 is 15.9 Å². The lowest BCUT2D eigenvalue weighted by atomic mass is 10.1. The summed E-state index contributed by atoms with van der Waals surface area (Å²) in [6.07, 6.45) is 3.84. The Bertz CT molecular complexity index is 503. The van der Waals surface area contributed by atoms with Crippen molar-refractivity contribution in [2.24, 2.45) is 5.73 Å². The van der Waals surface area contributed by atoms with Crippen molar-refractivity contribution in [3.8, 4) is 5.69 Å². The number of aromatic nitrogens is 2. The summed E-state index contributed by atoms with van der Waals surface area (Å²) in [5.41, 5.74) is 9.22. The third kappa shape index (κ3) is 2.18. The molecular weight excluding hydrogens is 266 g/mol. The zero-order valence-electron chi connectivity index (χ0n) is 9.31. The van der Waals surface area contributed by atoms with Crippen LogP contribution in [0.5, 0.6) is 0 Å². The Labute approximate surface area is 103 Å². The van der Waals surface area contributed by atoms with Crippen LogP contribution in [0.1, 0.15) is 24.1 Å². The molecule has 0 radical (unpaired) electrons. The van der Waals surface area contributed by atoms with E-state index in [0.717, 1.165) is 21.3 Å². The van der Waals surface area contributed by atoms with Crippen molar-refractivity contribution in [1.29, 1.82) is 0 Å². The molecule has 0 amide bonds. The predicted octanol–water partition coefficient (Wildman–Crippen LogP) is 2.96. The number of halogens is 1. The number of nitrogens with zero attached hydrogens (tertiary/aromatic N) is 2. The van der Waals surface area contributed by atoms with Crippen LogP contribution in [0.4, 0.5) is 0 Å². The van der Waals surface area contributed by atoms with E-state index in [4.69, 9.17) is 5.73 Å². The predicted molar refractivity (Wildman–Crippen MR) is 68.6 cm³/mol. The summed E-state index contributed by atoms with van der Waals surface area (Å²) in [5.74, 6) is 0. The smallest absolute Gasteiger partial charge is 0.0694 e. The van der Waals surface area contributed by atoms with Crippen LogP contribution in [-0.4, -0.2) is 9.78 Å².